The Hall–Kier alpha value is -3.28. The molecule has 4 atom stereocenters. The number of nitrogens with one attached hydrogen (secondary N) is 1. The van der Waals surface area contributed by atoms with Gasteiger partial charge in [0.2, 0.25) is 12.6 Å². The van der Waals surface area contributed by atoms with E-state index >= 15 is 0 Å². The topological polar surface area (TPSA) is 121 Å². The van der Waals surface area contributed by atoms with E-state index in [1.54, 1.807) is 25.4 Å². The van der Waals surface area contributed by atoms with Crippen LogP contribution in [-0.2, 0) is 38.7 Å². The molecule has 1 saturated heterocycles. The maximum atomic E-state index is 14.0. The quantitative estimate of drug-likeness (QED) is 0.253. The lowest BCUT2D eigenvalue weighted by Gasteiger charge is -2.53. The number of rotatable bonds is 11. The first-order chi connectivity index (χ1) is 18.8. The summed E-state index contributed by atoms with van der Waals surface area (Å²) in [6, 6.07) is 12.5. The summed E-state index contributed by atoms with van der Waals surface area (Å²) < 4.78 is 17.6. The smallest absolute Gasteiger partial charge is 0.389 e. The van der Waals surface area contributed by atoms with Crippen molar-refractivity contribution in [1.29, 1.82) is 0 Å². The lowest BCUT2D eigenvalue weighted by atomic mass is 9.89. The molecule has 0 spiro atoms. The van der Waals surface area contributed by atoms with Crippen LogP contribution in [0.3, 0.4) is 0 Å². The second-order valence-corrected chi connectivity index (χ2v) is 13.0. The van der Waals surface area contributed by atoms with E-state index < -0.39 is 40.1 Å². The molecule has 2 aliphatic rings. The largest absolute Gasteiger partial charge is 0.447 e. The number of pyridine rings is 1. The predicted octanol–water partition coefficient (Wildman–Crippen LogP) is 3.33. The van der Waals surface area contributed by atoms with Crippen LogP contribution in [0.1, 0.15) is 49.3 Å². The number of nitrogens with zero attached hydrogens (tertiary/aromatic N) is 2. The first-order valence-corrected chi connectivity index (χ1v) is 14.6. The number of amides is 1. The molecule has 0 radical (unpaired) electrons. The Labute approximate surface area is 230 Å². The number of benzene rings is 1. The Morgan fingerprint density at radius 2 is 1.92 bits per heavy atom. The number of hydrogen-bond acceptors (Lipinski definition) is 8. The molecule has 0 bridgehead atoms. The van der Waals surface area contributed by atoms with Crippen molar-refractivity contribution in [2.24, 2.45) is 5.92 Å². The zero-order valence-corrected chi connectivity index (χ0v) is 23.1. The first kappa shape index (κ1) is 28.7. The number of aldehydes is 1. The highest BCUT2D eigenvalue weighted by molar-refractivity contribution is 8.22. The van der Waals surface area contributed by atoms with Gasteiger partial charge >= 0.3 is 11.9 Å². The Balaban J connectivity index is 1.66. The fourth-order valence-electron chi connectivity index (χ4n) is 5.41. The van der Waals surface area contributed by atoms with E-state index in [-0.39, 0.29) is 29.3 Å². The van der Waals surface area contributed by atoms with Gasteiger partial charge in [-0.1, -0.05) is 55.7 Å². The van der Waals surface area contributed by atoms with E-state index in [1.807, 2.05) is 30.3 Å². The van der Waals surface area contributed by atoms with Crippen molar-refractivity contribution < 1.29 is 36.2 Å². The van der Waals surface area contributed by atoms with Crippen molar-refractivity contribution in [1.82, 2.24) is 10.3 Å². The standard InChI is InChI=1S/C28H35N3O7S/c1-31(16-17-32)20-25(34)38-39(31,36-2)28(22-12-7-4-8-13-22)30-27(35)26(23-14-9-15-29-19-23)37-24(33)18-21-10-5-3-6-11-21/h3,5-6,9-11,14-15,17,19,22,26,28H,4,7-8,12-13,16,18,20H2,1-2H3/p+1. The van der Waals surface area contributed by atoms with E-state index in [0.29, 0.717) is 5.56 Å². The molecule has 1 aromatic carbocycles. The lowest BCUT2D eigenvalue weighted by molar-refractivity contribution is -0.765. The fraction of sp³-hybridized carbons (Fsp3) is 0.464. The zero-order valence-electron chi connectivity index (χ0n) is 22.3. The number of ether oxygens (including phenoxy) is 1. The zero-order chi connectivity index (χ0) is 27.9. The molecule has 4 unspecified atom stereocenters. The third kappa shape index (κ3) is 6.32. The Morgan fingerprint density at radius 3 is 2.56 bits per heavy atom. The number of hydrogen-bond donors (Lipinski definition) is 1. The van der Waals surface area contributed by atoms with Gasteiger partial charge < -0.3 is 14.2 Å². The van der Waals surface area contributed by atoms with Gasteiger partial charge in [0, 0.05) is 34.7 Å². The molecular weight excluding hydrogens is 522 g/mol. The Bertz CT molecular complexity index is 1160. The number of carbonyl (C=O) groups excluding carboxylic acids is 4. The van der Waals surface area contributed by atoms with Crippen molar-refractivity contribution in [2.45, 2.75) is 50.0 Å². The number of carbonyl (C=O) groups is 4. The van der Waals surface area contributed by atoms with E-state index in [2.05, 4.69) is 10.3 Å². The van der Waals surface area contributed by atoms with E-state index in [0.717, 1.165) is 44.0 Å². The molecule has 1 aromatic heterocycles. The monoisotopic (exact) mass is 558 g/mol. The third-order valence-electron chi connectivity index (χ3n) is 7.34. The van der Waals surface area contributed by atoms with Gasteiger partial charge in [0.15, 0.2) is 18.2 Å². The molecule has 1 aliphatic heterocycles. The van der Waals surface area contributed by atoms with E-state index in [1.165, 1.54) is 13.3 Å². The maximum Gasteiger partial charge on any atom is 0.389 e. The van der Waals surface area contributed by atoms with E-state index in [9.17, 15) is 19.2 Å². The molecule has 2 aromatic rings. The van der Waals surface area contributed by atoms with Crippen LogP contribution in [0.25, 0.3) is 0 Å². The molecule has 2 fully saturated rings. The second-order valence-electron chi connectivity index (χ2n) is 10.1. The number of esters is 1. The van der Waals surface area contributed by atoms with Crippen LogP contribution < -0.4 is 5.32 Å². The minimum absolute atomic E-state index is 0.00387. The van der Waals surface area contributed by atoms with Crippen LogP contribution in [0.5, 0.6) is 0 Å². The molecule has 1 N–H and O–H groups in total. The van der Waals surface area contributed by atoms with Gasteiger partial charge in [-0.2, -0.15) is 3.89 Å². The molecule has 1 amide bonds. The Kier molecular flexibility index (Phi) is 9.36. The third-order valence-corrected chi connectivity index (χ3v) is 10.9. The summed E-state index contributed by atoms with van der Waals surface area (Å²) in [6.07, 6.45) is 7.09. The molecule has 10 nitrogen and oxygen atoms in total. The van der Waals surface area contributed by atoms with Crippen molar-refractivity contribution in [3.63, 3.8) is 0 Å². The summed E-state index contributed by atoms with van der Waals surface area (Å²) in [5, 5.41) is 2.37. The summed E-state index contributed by atoms with van der Waals surface area (Å²) in [5.74, 6) is -1.67. The predicted molar refractivity (Wildman–Crippen MR) is 144 cm³/mol. The van der Waals surface area contributed by atoms with Gasteiger partial charge in [0.1, 0.15) is 0 Å². The average molecular weight is 559 g/mol. The number of likely N-dealkylation sites (N-methyl/N-ethyl adjacent to an activating group) is 1. The minimum Gasteiger partial charge on any atom is -0.447 e. The summed E-state index contributed by atoms with van der Waals surface area (Å²) in [6.45, 7) is -0.0504. The molecule has 2 heterocycles. The van der Waals surface area contributed by atoms with Crippen LogP contribution in [0.15, 0.2) is 54.9 Å². The molecule has 1 aliphatic carbocycles. The molecule has 210 valence electrons. The molecular formula is C28H36N3O7S+. The number of quaternary nitrogens is 1. The van der Waals surface area contributed by atoms with Crippen molar-refractivity contribution in [2.75, 3.05) is 27.2 Å². The highest BCUT2D eigenvalue weighted by atomic mass is 32.3. The van der Waals surface area contributed by atoms with Crippen molar-refractivity contribution in [3.8, 4) is 0 Å². The van der Waals surface area contributed by atoms with Gasteiger partial charge in [-0.3, -0.25) is 19.4 Å². The van der Waals surface area contributed by atoms with Crippen molar-refractivity contribution >= 4 is 34.9 Å². The van der Waals surface area contributed by atoms with Crippen LogP contribution in [0.2, 0.25) is 0 Å². The number of aromatic nitrogens is 1. The van der Waals surface area contributed by atoms with Crippen molar-refractivity contribution in [3.05, 3.63) is 66.0 Å². The molecule has 39 heavy (non-hydrogen) atoms. The SMILES string of the molecule is COS1(C(NC(=O)C(OC(=O)Cc2ccccc2)c2cccnc2)C2CCCCC2)OC(=O)C[N+]1(C)CC=O. The molecule has 4 rings (SSSR count). The fourth-order valence-corrected chi connectivity index (χ4v) is 8.77. The second kappa shape index (κ2) is 12.7. The van der Waals surface area contributed by atoms with Crippen LogP contribution in [-0.4, -0.2) is 65.6 Å². The van der Waals surface area contributed by atoms with Crippen LogP contribution in [0.4, 0.5) is 0 Å². The normalized spacial score (nSPS) is 26.5. The molecule has 11 heteroatoms. The summed E-state index contributed by atoms with van der Waals surface area (Å²) in [4.78, 5) is 55.4. The molecule has 1 saturated carbocycles. The first-order valence-electron chi connectivity index (χ1n) is 13.1. The summed E-state index contributed by atoms with van der Waals surface area (Å²) in [7, 11) is 0.392. The van der Waals surface area contributed by atoms with Crippen LogP contribution in [0, 0.1) is 5.92 Å². The highest BCUT2D eigenvalue weighted by Crippen LogP contribution is 2.66. The Morgan fingerprint density at radius 1 is 1.18 bits per heavy atom. The summed E-state index contributed by atoms with van der Waals surface area (Å²) in [5.41, 5.74) is 1.17. The highest BCUT2D eigenvalue weighted by Gasteiger charge is 2.59. The average Bonchev–Trinajstić information content (AvgIpc) is 3.21. The van der Waals surface area contributed by atoms with Gasteiger partial charge in [0.05, 0.1) is 20.6 Å². The van der Waals surface area contributed by atoms with Gasteiger partial charge in [-0.05, 0) is 24.5 Å². The van der Waals surface area contributed by atoms with Gasteiger partial charge in [-0.15, -0.1) is 0 Å². The van der Waals surface area contributed by atoms with Gasteiger partial charge in [-0.25, -0.2) is 8.98 Å². The lowest BCUT2D eigenvalue weighted by Crippen LogP contribution is -2.56. The van der Waals surface area contributed by atoms with E-state index in [4.69, 9.17) is 13.1 Å². The van der Waals surface area contributed by atoms with Crippen LogP contribution >= 0.6 is 10.8 Å². The minimum atomic E-state index is -2.81. The van der Waals surface area contributed by atoms with Gasteiger partial charge in [0.25, 0.3) is 5.91 Å². The maximum absolute atomic E-state index is 14.0. The summed E-state index contributed by atoms with van der Waals surface area (Å²) >= 11 is 0.